The van der Waals surface area contributed by atoms with Crippen molar-refractivity contribution in [3.63, 3.8) is 0 Å². The van der Waals surface area contributed by atoms with E-state index in [4.69, 9.17) is 9.51 Å². The number of aromatic nitrogens is 4. The summed E-state index contributed by atoms with van der Waals surface area (Å²) in [5, 5.41) is 4.36. The molecule has 3 aromatic rings. The highest BCUT2D eigenvalue weighted by Crippen LogP contribution is 2.41. The van der Waals surface area contributed by atoms with Gasteiger partial charge in [-0.3, -0.25) is 9.88 Å². The van der Waals surface area contributed by atoms with E-state index in [9.17, 15) is 0 Å². The molecule has 3 aromatic heterocycles. The quantitative estimate of drug-likeness (QED) is 0.643. The molecule has 2 atom stereocenters. The van der Waals surface area contributed by atoms with Gasteiger partial charge in [0.2, 0.25) is 5.89 Å². The fourth-order valence-corrected chi connectivity index (χ4v) is 5.44. The van der Waals surface area contributed by atoms with Gasteiger partial charge in [0.25, 0.3) is 0 Å². The molecule has 1 aliphatic heterocycles. The highest BCUT2D eigenvalue weighted by atomic mass is 32.1. The molecule has 1 aliphatic carbocycles. The van der Waals surface area contributed by atoms with Gasteiger partial charge >= 0.3 is 0 Å². The van der Waals surface area contributed by atoms with E-state index in [0.717, 1.165) is 37.0 Å². The van der Waals surface area contributed by atoms with Crippen LogP contribution in [0.25, 0.3) is 0 Å². The molecule has 4 heterocycles. The van der Waals surface area contributed by atoms with Gasteiger partial charge in [0, 0.05) is 48.7 Å². The predicted octanol–water partition coefficient (Wildman–Crippen LogP) is 4.27. The van der Waals surface area contributed by atoms with Gasteiger partial charge in [0.15, 0.2) is 5.82 Å². The summed E-state index contributed by atoms with van der Waals surface area (Å²) in [5.74, 6) is 2.71. The highest BCUT2D eigenvalue weighted by molar-refractivity contribution is 7.09. The van der Waals surface area contributed by atoms with Gasteiger partial charge in [0.05, 0.1) is 17.1 Å². The zero-order valence-electron chi connectivity index (χ0n) is 16.1. The van der Waals surface area contributed by atoms with Crippen molar-refractivity contribution in [2.24, 2.45) is 0 Å². The number of aryl methyl sites for hydroxylation is 1. The van der Waals surface area contributed by atoms with E-state index in [2.05, 4.69) is 33.0 Å². The number of hydrogen-bond donors (Lipinski definition) is 0. The molecule has 0 amide bonds. The van der Waals surface area contributed by atoms with Crippen LogP contribution in [0.2, 0.25) is 0 Å². The second kappa shape index (κ2) is 7.72. The molecule has 7 heteroatoms. The second-order valence-electron chi connectivity index (χ2n) is 8.03. The molecule has 0 aromatic carbocycles. The standard InChI is InChI=1S/C21H25N5OS/c1-14-19(28-13-23-14)12-26-10-17(16-7-4-8-22-9-16)18(11-26)21-24-20(25-27-21)15-5-2-3-6-15/h4,7-9,13,15,17-18H,2-3,5-6,10-12H2,1H3. The van der Waals surface area contributed by atoms with Crippen molar-refractivity contribution in [1.82, 2.24) is 25.0 Å². The largest absolute Gasteiger partial charge is 0.339 e. The molecule has 0 N–H and O–H groups in total. The number of likely N-dealkylation sites (tertiary alicyclic amines) is 1. The minimum absolute atomic E-state index is 0.208. The third-order valence-corrected chi connectivity index (χ3v) is 7.13. The van der Waals surface area contributed by atoms with Gasteiger partial charge in [-0.15, -0.1) is 11.3 Å². The van der Waals surface area contributed by atoms with E-state index in [-0.39, 0.29) is 5.92 Å². The van der Waals surface area contributed by atoms with Crippen molar-refractivity contribution in [3.05, 3.63) is 57.9 Å². The van der Waals surface area contributed by atoms with Gasteiger partial charge in [-0.25, -0.2) is 4.98 Å². The molecular formula is C21H25N5OS. The Hall–Kier alpha value is -2.12. The molecule has 6 nitrogen and oxygen atoms in total. The number of pyridine rings is 1. The number of nitrogens with zero attached hydrogens (tertiary/aromatic N) is 5. The van der Waals surface area contributed by atoms with Gasteiger partial charge in [-0.05, 0) is 31.4 Å². The SMILES string of the molecule is Cc1ncsc1CN1CC(c2cccnc2)C(c2nc(C3CCCC3)no2)C1. The summed E-state index contributed by atoms with van der Waals surface area (Å²) in [5.41, 5.74) is 4.31. The summed E-state index contributed by atoms with van der Waals surface area (Å²) < 4.78 is 5.80. The van der Waals surface area contributed by atoms with Crippen LogP contribution in [-0.2, 0) is 6.54 Å². The molecule has 1 saturated heterocycles. The third kappa shape index (κ3) is 3.49. The molecule has 2 aliphatic rings. The normalized spacial score (nSPS) is 23.6. The zero-order chi connectivity index (χ0) is 18.9. The fourth-order valence-electron chi connectivity index (χ4n) is 4.63. The molecule has 146 valence electrons. The van der Waals surface area contributed by atoms with Crippen LogP contribution in [0.1, 0.15) is 71.3 Å². The average Bonchev–Trinajstić information content (AvgIpc) is 3.50. The number of thiazole rings is 1. The summed E-state index contributed by atoms with van der Waals surface area (Å²) in [7, 11) is 0. The van der Waals surface area contributed by atoms with E-state index in [1.54, 1.807) is 11.3 Å². The predicted molar refractivity (Wildman–Crippen MR) is 107 cm³/mol. The summed E-state index contributed by atoms with van der Waals surface area (Å²) >= 11 is 1.73. The molecular weight excluding hydrogens is 370 g/mol. The summed E-state index contributed by atoms with van der Waals surface area (Å²) in [4.78, 5) is 17.4. The molecule has 0 radical (unpaired) electrons. The van der Waals surface area contributed by atoms with Crippen LogP contribution in [0.4, 0.5) is 0 Å². The molecule has 2 fully saturated rings. The zero-order valence-corrected chi connectivity index (χ0v) is 16.9. The Bertz CT molecular complexity index is 918. The van der Waals surface area contributed by atoms with E-state index in [1.165, 1.54) is 36.1 Å². The molecule has 1 saturated carbocycles. The smallest absolute Gasteiger partial charge is 0.231 e. The first-order valence-corrected chi connectivity index (χ1v) is 11.0. The lowest BCUT2D eigenvalue weighted by Gasteiger charge is -2.15. The lowest BCUT2D eigenvalue weighted by atomic mass is 9.90. The Kier molecular flexibility index (Phi) is 4.94. The lowest BCUT2D eigenvalue weighted by Crippen LogP contribution is -2.20. The maximum atomic E-state index is 5.80. The van der Waals surface area contributed by atoms with E-state index < -0.39 is 0 Å². The van der Waals surface area contributed by atoms with Crippen LogP contribution in [0.5, 0.6) is 0 Å². The van der Waals surface area contributed by atoms with Crippen LogP contribution in [0.15, 0.2) is 34.6 Å². The van der Waals surface area contributed by atoms with E-state index in [1.807, 2.05) is 24.0 Å². The number of hydrogen-bond acceptors (Lipinski definition) is 7. The third-order valence-electron chi connectivity index (χ3n) is 6.22. The minimum Gasteiger partial charge on any atom is -0.339 e. The van der Waals surface area contributed by atoms with E-state index in [0.29, 0.717) is 11.8 Å². The van der Waals surface area contributed by atoms with Gasteiger partial charge in [0.1, 0.15) is 0 Å². The first-order valence-electron chi connectivity index (χ1n) is 10.1. The highest BCUT2D eigenvalue weighted by Gasteiger charge is 2.39. The Morgan fingerprint density at radius 1 is 1.21 bits per heavy atom. The molecule has 28 heavy (non-hydrogen) atoms. The Balaban J connectivity index is 1.41. The summed E-state index contributed by atoms with van der Waals surface area (Å²) in [6.07, 6.45) is 8.74. The van der Waals surface area contributed by atoms with Crippen LogP contribution in [-0.4, -0.2) is 38.1 Å². The Morgan fingerprint density at radius 3 is 2.82 bits per heavy atom. The van der Waals surface area contributed by atoms with Crippen LogP contribution < -0.4 is 0 Å². The fraction of sp³-hybridized carbons (Fsp3) is 0.524. The topological polar surface area (TPSA) is 67.9 Å². The summed E-state index contributed by atoms with van der Waals surface area (Å²) in [6, 6.07) is 4.18. The molecule has 2 unspecified atom stereocenters. The van der Waals surface area contributed by atoms with Crippen LogP contribution in [0.3, 0.4) is 0 Å². The van der Waals surface area contributed by atoms with Gasteiger partial charge in [-0.2, -0.15) is 4.98 Å². The van der Waals surface area contributed by atoms with Gasteiger partial charge in [-0.1, -0.05) is 24.1 Å². The van der Waals surface area contributed by atoms with Crippen LogP contribution >= 0.6 is 11.3 Å². The van der Waals surface area contributed by atoms with Crippen molar-refractivity contribution in [2.75, 3.05) is 13.1 Å². The average molecular weight is 396 g/mol. The van der Waals surface area contributed by atoms with E-state index >= 15 is 0 Å². The van der Waals surface area contributed by atoms with Gasteiger partial charge < -0.3 is 4.52 Å². The maximum absolute atomic E-state index is 5.80. The summed E-state index contributed by atoms with van der Waals surface area (Å²) in [6.45, 7) is 4.90. The second-order valence-corrected chi connectivity index (χ2v) is 8.97. The van der Waals surface area contributed by atoms with Crippen molar-refractivity contribution < 1.29 is 4.52 Å². The van der Waals surface area contributed by atoms with Crippen molar-refractivity contribution in [3.8, 4) is 0 Å². The minimum atomic E-state index is 0.208. The molecule has 0 bridgehead atoms. The maximum Gasteiger partial charge on any atom is 0.231 e. The monoisotopic (exact) mass is 395 g/mol. The first kappa shape index (κ1) is 17.9. The first-order chi connectivity index (χ1) is 13.8. The lowest BCUT2D eigenvalue weighted by molar-refractivity contribution is 0.309. The molecule has 0 spiro atoms. The van der Waals surface area contributed by atoms with Crippen molar-refractivity contribution in [1.29, 1.82) is 0 Å². The van der Waals surface area contributed by atoms with Crippen molar-refractivity contribution in [2.45, 2.75) is 56.9 Å². The Labute approximate surface area is 169 Å². The Morgan fingerprint density at radius 2 is 2.07 bits per heavy atom. The molecule has 5 rings (SSSR count). The van der Waals surface area contributed by atoms with Crippen molar-refractivity contribution >= 4 is 11.3 Å². The van der Waals surface area contributed by atoms with Crippen LogP contribution in [0, 0.1) is 6.92 Å². The number of rotatable bonds is 5.